The molecule has 0 atom stereocenters. The summed E-state index contributed by atoms with van der Waals surface area (Å²) in [5.41, 5.74) is 0. The number of benzene rings is 2. The minimum Gasteiger partial charge on any atom is -0.301 e. The fourth-order valence-electron chi connectivity index (χ4n) is 3.16. The van der Waals surface area contributed by atoms with Crippen molar-refractivity contribution in [3.8, 4) is 0 Å². The van der Waals surface area contributed by atoms with Gasteiger partial charge in [0.15, 0.2) is 0 Å². The Balaban J connectivity index is 1.73. The van der Waals surface area contributed by atoms with Gasteiger partial charge in [-0.3, -0.25) is 0 Å². The Labute approximate surface area is 138 Å². The second-order valence-corrected chi connectivity index (χ2v) is 8.25. The Morgan fingerprint density at radius 3 is 2.35 bits per heavy atom. The zero-order valence-corrected chi connectivity index (χ0v) is 14.5. The third-order valence-electron chi connectivity index (χ3n) is 4.61. The van der Waals surface area contributed by atoms with Crippen molar-refractivity contribution in [2.45, 2.75) is 43.7 Å². The quantitative estimate of drug-likeness (QED) is 0.936. The van der Waals surface area contributed by atoms with Crippen molar-refractivity contribution in [3.05, 3.63) is 42.5 Å². The molecule has 5 heteroatoms. The standard InChI is InChI=1S/C18H24N2O2S/c1-14(2)20-11-9-17(10-12-20)19-23(21,22)18-8-7-15-5-3-4-6-16(15)13-18/h3-8,13-14,17,19H,9-12H2,1-2H3. The van der Waals surface area contributed by atoms with Gasteiger partial charge in [-0.2, -0.15) is 0 Å². The van der Waals surface area contributed by atoms with Crippen molar-refractivity contribution in [3.63, 3.8) is 0 Å². The van der Waals surface area contributed by atoms with Gasteiger partial charge >= 0.3 is 0 Å². The molecule has 0 saturated carbocycles. The second-order valence-electron chi connectivity index (χ2n) is 6.53. The van der Waals surface area contributed by atoms with E-state index in [4.69, 9.17) is 0 Å². The molecule has 23 heavy (non-hydrogen) atoms. The van der Waals surface area contributed by atoms with Crippen LogP contribution in [0.4, 0.5) is 0 Å². The van der Waals surface area contributed by atoms with Crippen LogP contribution in [0.1, 0.15) is 26.7 Å². The van der Waals surface area contributed by atoms with Crippen molar-refractivity contribution in [1.82, 2.24) is 9.62 Å². The van der Waals surface area contributed by atoms with E-state index >= 15 is 0 Å². The number of hydrogen-bond donors (Lipinski definition) is 1. The lowest BCUT2D eigenvalue weighted by Crippen LogP contribution is -2.46. The third kappa shape index (κ3) is 3.74. The van der Waals surface area contributed by atoms with Crippen LogP contribution < -0.4 is 4.72 Å². The number of sulfonamides is 1. The zero-order chi connectivity index (χ0) is 16.4. The SMILES string of the molecule is CC(C)N1CCC(NS(=O)(=O)c2ccc3ccccc3c2)CC1. The summed E-state index contributed by atoms with van der Waals surface area (Å²) in [5.74, 6) is 0. The molecule has 0 amide bonds. The van der Waals surface area contributed by atoms with Gasteiger partial charge in [0.05, 0.1) is 4.90 Å². The van der Waals surface area contributed by atoms with Gasteiger partial charge in [0.1, 0.15) is 0 Å². The molecule has 0 aromatic heterocycles. The Kier molecular flexibility index (Phi) is 4.71. The minimum atomic E-state index is -3.46. The van der Waals surface area contributed by atoms with Crippen molar-refractivity contribution in [2.75, 3.05) is 13.1 Å². The van der Waals surface area contributed by atoms with Crippen LogP contribution in [0.2, 0.25) is 0 Å². The normalized spacial score (nSPS) is 17.9. The number of piperidine rings is 1. The predicted octanol–water partition coefficient (Wildman–Crippen LogP) is 2.99. The van der Waals surface area contributed by atoms with E-state index in [2.05, 4.69) is 23.5 Å². The highest BCUT2D eigenvalue weighted by Gasteiger charge is 2.25. The monoisotopic (exact) mass is 332 g/mol. The molecule has 2 aromatic carbocycles. The molecule has 1 aliphatic heterocycles. The summed E-state index contributed by atoms with van der Waals surface area (Å²) in [5, 5.41) is 2.00. The number of nitrogens with one attached hydrogen (secondary N) is 1. The molecule has 4 nitrogen and oxygen atoms in total. The first kappa shape index (κ1) is 16.4. The van der Waals surface area contributed by atoms with Crippen LogP contribution in [0.15, 0.2) is 47.4 Å². The summed E-state index contributed by atoms with van der Waals surface area (Å²) in [4.78, 5) is 2.74. The third-order valence-corrected chi connectivity index (χ3v) is 6.13. The van der Waals surface area contributed by atoms with Crippen LogP contribution in [-0.2, 0) is 10.0 Å². The van der Waals surface area contributed by atoms with Gasteiger partial charge in [-0.25, -0.2) is 13.1 Å². The molecule has 2 aromatic rings. The number of likely N-dealkylation sites (tertiary alicyclic amines) is 1. The maximum absolute atomic E-state index is 12.6. The summed E-state index contributed by atoms with van der Waals surface area (Å²) in [6.07, 6.45) is 1.73. The first-order chi connectivity index (χ1) is 11.0. The van der Waals surface area contributed by atoms with Crippen LogP contribution in [0.25, 0.3) is 10.8 Å². The topological polar surface area (TPSA) is 49.4 Å². The number of nitrogens with zero attached hydrogens (tertiary/aromatic N) is 1. The van der Waals surface area contributed by atoms with Gasteiger partial charge in [-0.05, 0) is 62.7 Å². The van der Waals surface area contributed by atoms with Gasteiger partial charge in [0.2, 0.25) is 10.0 Å². The fourth-order valence-corrected chi connectivity index (χ4v) is 4.50. The molecule has 124 valence electrons. The first-order valence-corrected chi connectivity index (χ1v) is 9.69. The highest BCUT2D eigenvalue weighted by molar-refractivity contribution is 7.89. The maximum Gasteiger partial charge on any atom is 0.240 e. The Bertz CT molecular complexity index is 778. The van der Waals surface area contributed by atoms with Crippen molar-refractivity contribution >= 4 is 20.8 Å². The number of hydrogen-bond acceptors (Lipinski definition) is 3. The Morgan fingerprint density at radius 2 is 1.70 bits per heavy atom. The summed E-state index contributed by atoms with van der Waals surface area (Å²) in [6, 6.07) is 13.7. The van der Waals surface area contributed by atoms with Gasteiger partial charge in [-0.15, -0.1) is 0 Å². The van der Waals surface area contributed by atoms with Crippen molar-refractivity contribution in [1.29, 1.82) is 0 Å². The molecule has 1 saturated heterocycles. The van der Waals surface area contributed by atoms with E-state index in [0.717, 1.165) is 36.7 Å². The predicted molar refractivity (Wildman–Crippen MR) is 94.0 cm³/mol. The van der Waals surface area contributed by atoms with Gasteiger partial charge < -0.3 is 4.90 Å². The van der Waals surface area contributed by atoms with E-state index in [1.54, 1.807) is 12.1 Å². The summed E-state index contributed by atoms with van der Waals surface area (Å²) in [6.45, 7) is 6.25. The molecule has 3 rings (SSSR count). The average molecular weight is 332 g/mol. The molecule has 0 radical (unpaired) electrons. The van der Waals surface area contributed by atoms with E-state index in [1.165, 1.54) is 0 Å². The summed E-state index contributed by atoms with van der Waals surface area (Å²) >= 11 is 0. The molecular weight excluding hydrogens is 308 g/mol. The first-order valence-electron chi connectivity index (χ1n) is 8.21. The van der Waals surface area contributed by atoms with Gasteiger partial charge in [0, 0.05) is 12.1 Å². The Hall–Kier alpha value is -1.43. The van der Waals surface area contributed by atoms with E-state index in [1.807, 2.05) is 30.3 Å². The maximum atomic E-state index is 12.6. The molecule has 1 N–H and O–H groups in total. The smallest absolute Gasteiger partial charge is 0.240 e. The lowest BCUT2D eigenvalue weighted by Gasteiger charge is -2.34. The Morgan fingerprint density at radius 1 is 1.04 bits per heavy atom. The van der Waals surface area contributed by atoms with E-state index in [9.17, 15) is 8.42 Å². The summed E-state index contributed by atoms with van der Waals surface area (Å²) in [7, 11) is -3.46. The average Bonchev–Trinajstić information content (AvgIpc) is 2.54. The van der Waals surface area contributed by atoms with E-state index in [-0.39, 0.29) is 6.04 Å². The molecule has 0 bridgehead atoms. The van der Waals surface area contributed by atoms with Crippen molar-refractivity contribution in [2.24, 2.45) is 0 Å². The molecule has 0 unspecified atom stereocenters. The van der Waals surface area contributed by atoms with Crippen LogP contribution in [0.5, 0.6) is 0 Å². The lowest BCUT2D eigenvalue weighted by atomic mass is 10.1. The van der Waals surface area contributed by atoms with E-state index < -0.39 is 10.0 Å². The molecule has 0 aliphatic carbocycles. The fraction of sp³-hybridized carbons (Fsp3) is 0.444. The van der Waals surface area contributed by atoms with Gasteiger partial charge in [0.25, 0.3) is 0 Å². The minimum absolute atomic E-state index is 0.0291. The van der Waals surface area contributed by atoms with Crippen LogP contribution in [0.3, 0.4) is 0 Å². The zero-order valence-electron chi connectivity index (χ0n) is 13.7. The highest BCUT2D eigenvalue weighted by Crippen LogP contribution is 2.20. The molecule has 1 fully saturated rings. The van der Waals surface area contributed by atoms with E-state index in [0.29, 0.717) is 10.9 Å². The number of fused-ring (bicyclic) bond motifs is 1. The second kappa shape index (κ2) is 6.59. The molecule has 0 spiro atoms. The lowest BCUT2D eigenvalue weighted by molar-refractivity contribution is 0.168. The molecular formula is C18H24N2O2S. The largest absolute Gasteiger partial charge is 0.301 e. The molecule has 1 aliphatic rings. The molecule has 1 heterocycles. The number of rotatable bonds is 4. The highest BCUT2D eigenvalue weighted by atomic mass is 32.2. The van der Waals surface area contributed by atoms with Gasteiger partial charge in [-0.1, -0.05) is 30.3 Å². The van der Waals surface area contributed by atoms with Crippen molar-refractivity contribution < 1.29 is 8.42 Å². The van der Waals surface area contributed by atoms with Crippen LogP contribution in [-0.4, -0.2) is 38.5 Å². The van der Waals surface area contributed by atoms with Crippen LogP contribution >= 0.6 is 0 Å². The summed E-state index contributed by atoms with van der Waals surface area (Å²) < 4.78 is 28.2. The van der Waals surface area contributed by atoms with Crippen LogP contribution in [0, 0.1) is 0 Å².